The molecule has 0 saturated carbocycles. The second-order valence-corrected chi connectivity index (χ2v) is 7.50. The van der Waals surface area contributed by atoms with Crippen LogP contribution in [0.4, 0.5) is 11.9 Å². The predicted molar refractivity (Wildman–Crippen MR) is 110 cm³/mol. The van der Waals surface area contributed by atoms with Crippen LogP contribution >= 0.6 is 11.8 Å². The molecule has 9 nitrogen and oxygen atoms in total. The molecule has 0 aliphatic heterocycles. The fraction of sp³-hybridized carbons (Fsp3) is 0.389. The van der Waals surface area contributed by atoms with Crippen LogP contribution in [0.5, 0.6) is 5.75 Å². The summed E-state index contributed by atoms with van der Waals surface area (Å²) in [5, 5.41) is 8.30. The van der Waals surface area contributed by atoms with Gasteiger partial charge in [-0.1, -0.05) is 30.0 Å². The molecule has 0 aliphatic carbocycles. The molecule has 148 valence electrons. The molecule has 0 atom stereocenters. The number of hydrogen-bond donors (Lipinski definition) is 1. The van der Waals surface area contributed by atoms with Gasteiger partial charge < -0.3 is 15.0 Å². The Kier molecular flexibility index (Phi) is 6.64. The van der Waals surface area contributed by atoms with Crippen LogP contribution in [-0.4, -0.2) is 62.2 Å². The second-order valence-electron chi connectivity index (χ2n) is 6.43. The van der Waals surface area contributed by atoms with Gasteiger partial charge in [-0.25, -0.2) is 4.98 Å². The van der Waals surface area contributed by atoms with Crippen LogP contribution < -0.4 is 15.0 Å². The van der Waals surface area contributed by atoms with Gasteiger partial charge in [-0.2, -0.15) is 19.6 Å². The summed E-state index contributed by atoms with van der Waals surface area (Å²) in [5.74, 6) is 3.06. The van der Waals surface area contributed by atoms with Gasteiger partial charge >= 0.3 is 0 Å². The molecule has 0 radical (unpaired) electrons. The smallest absolute Gasteiger partial charge is 0.258 e. The summed E-state index contributed by atoms with van der Waals surface area (Å²) in [5.41, 5.74) is 0. The molecule has 3 aromatic rings. The highest BCUT2D eigenvalue weighted by atomic mass is 32.2. The maximum absolute atomic E-state index is 5.68. The molecule has 0 bridgehead atoms. The second kappa shape index (κ2) is 9.36. The maximum Gasteiger partial charge on any atom is 0.258 e. The van der Waals surface area contributed by atoms with E-state index in [0.717, 1.165) is 11.5 Å². The van der Waals surface area contributed by atoms with Crippen molar-refractivity contribution in [2.75, 3.05) is 36.7 Å². The molecule has 10 heteroatoms. The summed E-state index contributed by atoms with van der Waals surface area (Å²) >= 11 is 1.52. The Morgan fingerprint density at radius 2 is 1.93 bits per heavy atom. The van der Waals surface area contributed by atoms with Gasteiger partial charge in [0.25, 0.3) is 5.95 Å². The number of anilines is 2. The molecule has 2 heterocycles. The van der Waals surface area contributed by atoms with Crippen molar-refractivity contribution in [2.24, 2.45) is 0 Å². The predicted octanol–water partition coefficient (Wildman–Crippen LogP) is 2.51. The lowest BCUT2D eigenvalue weighted by molar-refractivity contribution is 0.344. The normalized spacial score (nSPS) is 10.9. The van der Waals surface area contributed by atoms with Crippen molar-refractivity contribution < 1.29 is 4.74 Å². The lowest BCUT2D eigenvalue weighted by atomic mass is 10.3. The van der Waals surface area contributed by atoms with Crippen molar-refractivity contribution in [3.63, 3.8) is 0 Å². The van der Waals surface area contributed by atoms with Gasteiger partial charge in [0.1, 0.15) is 12.1 Å². The van der Waals surface area contributed by atoms with E-state index in [4.69, 9.17) is 4.74 Å². The lowest BCUT2D eigenvalue weighted by Crippen LogP contribution is -2.19. The van der Waals surface area contributed by atoms with E-state index in [1.807, 2.05) is 63.2 Å². The number of nitrogens with one attached hydrogen (secondary N) is 1. The van der Waals surface area contributed by atoms with E-state index in [2.05, 4.69) is 30.4 Å². The van der Waals surface area contributed by atoms with Crippen LogP contribution in [0, 0.1) is 0 Å². The largest absolute Gasteiger partial charge is 0.493 e. The monoisotopic (exact) mass is 400 g/mol. The van der Waals surface area contributed by atoms with Crippen LogP contribution in [0.15, 0.2) is 41.8 Å². The number of thioether (sulfide) groups is 1. The summed E-state index contributed by atoms with van der Waals surface area (Å²) in [4.78, 5) is 19.4. The molecule has 0 amide bonds. The van der Waals surface area contributed by atoms with E-state index < -0.39 is 0 Å². The minimum Gasteiger partial charge on any atom is -0.493 e. The Balaban J connectivity index is 1.64. The first-order valence-electron chi connectivity index (χ1n) is 8.94. The van der Waals surface area contributed by atoms with Crippen LogP contribution in [0.2, 0.25) is 0 Å². The van der Waals surface area contributed by atoms with E-state index in [0.29, 0.717) is 29.6 Å². The van der Waals surface area contributed by atoms with E-state index >= 15 is 0 Å². The molecule has 2 aromatic heterocycles. The van der Waals surface area contributed by atoms with E-state index in [-0.39, 0.29) is 6.04 Å². The Hall–Kier alpha value is -2.88. The minimum absolute atomic E-state index is 0.205. The van der Waals surface area contributed by atoms with Crippen molar-refractivity contribution in [1.29, 1.82) is 0 Å². The zero-order valence-electron chi connectivity index (χ0n) is 16.4. The Labute approximate surface area is 168 Å². The fourth-order valence-electron chi connectivity index (χ4n) is 2.20. The third-order valence-corrected chi connectivity index (χ3v) is 4.25. The first-order chi connectivity index (χ1) is 13.5. The molecule has 0 aliphatic rings. The summed E-state index contributed by atoms with van der Waals surface area (Å²) in [6.07, 6.45) is 1.61. The molecular weight excluding hydrogens is 376 g/mol. The fourth-order valence-corrected chi connectivity index (χ4v) is 2.82. The van der Waals surface area contributed by atoms with Gasteiger partial charge in [0.15, 0.2) is 0 Å². The molecule has 1 N–H and O–H groups in total. The number of nitrogens with zero attached hydrogens (tertiary/aromatic N) is 7. The van der Waals surface area contributed by atoms with Crippen LogP contribution in [0.1, 0.15) is 13.8 Å². The molecule has 28 heavy (non-hydrogen) atoms. The highest BCUT2D eigenvalue weighted by Gasteiger charge is 2.12. The Morgan fingerprint density at radius 1 is 1.14 bits per heavy atom. The number of ether oxygens (including phenoxy) is 1. The van der Waals surface area contributed by atoms with Gasteiger partial charge in [-0.05, 0) is 26.0 Å². The Morgan fingerprint density at radius 3 is 2.64 bits per heavy atom. The van der Waals surface area contributed by atoms with Crippen LogP contribution in [0.25, 0.3) is 5.95 Å². The average Bonchev–Trinajstić information content (AvgIpc) is 3.14. The number of benzene rings is 1. The summed E-state index contributed by atoms with van der Waals surface area (Å²) in [6, 6.07) is 9.93. The first-order valence-corrected chi connectivity index (χ1v) is 9.92. The lowest BCUT2D eigenvalue weighted by Gasteiger charge is -2.14. The van der Waals surface area contributed by atoms with Crippen molar-refractivity contribution in [2.45, 2.75) is 25.0 Å². The summed E-state index contributed by atoms with van der Waals surface area (Å²) in [7, 11) is 3.77. The first kappa shape index (κ1) is 19.9. The highest BCUT2D eigenvalue weighted by molar-refractivity contribution is 7.99. The van der Waals surface area contributed by atoms with Gasteiger partial charge in [0, 0.05) is 25.9 Å². The molecular formula is C18H24N8OS. The van der Waals surface area contributed by atoms with Gasteiger partial charge in [-0.15, -0.1) is 5.10 Å². The van der Waals surface area contributed by atoms with Gasteiger partial charge in [-0.3, -0.25) is 0 Å². The zero-order chi connectivity index (χ0) is 19.9. The van der Waals surface area contributed by atoms with Crippen molar-refractivity contribution >= 4 is 23.7 Å². The van der Waals surface area contributed by atoms with E-state index in [1.54, 1.807) is 11.0 Å². The summed E-state index contributed by atoms with van der Waals surface area (Å²) in [6.45, 7) is 4.63. The number of aromatic nitrogens is 6. The number of para-hydroxylation sites is 1. The number of rotatable bonds is 9. The molecule has 1 aromatic carbocycles. The third-order valence-electron chi connectivity index (χ3n) is 3.43. The van der Waals surface area contributed by atoms with Gasteiger partial charge in [0.2, 0.25) is 17.1 Å². The van der Waals surface area contributed by atoms with Crippen LogP contribution in [-0.2, 0) is 0 Å². The standard InChI is InChI=1S/C18H24N8OS/c1-13(2)20-15-21-16(25(3)4)23-17(22-15)26-12-19-18(24-26)28-11-10-27-14-8-6-5-7-9-14/h5-9,12-13H,10-11H2,1-4H3,(H,20,21,22,23). The topological polar surface area (TPSA) is 93.9 Å². The van der Waals surface area contributed by atoms with E-state index in [9.17, 15) is 0 Å². The molecule has 0 fully saturated rings. The molecule has 0 saturated heterocycles. The summed E-state index contributed by atoms with van der Waals surface area (Å²) < 4.78 is 7.24. The number of hydrogen-bond acceptors (Lipinski definition) is 9. The molecule has 0 unspecified atom stereocenters. The zero-order valence-corrected chi connectivity index (χ0v) is 17.2. The van der Waals surface area contributed by atoms with Crippen molar-refractivity contribution in [3.05, 3.63) is 36.7 Å². The maximum atomic E-state index is 5.68. The average molecular weight is 401 g/mol. The quantitative estimate of drug-likeness (QED) is 0.429. The van der Waals surface area contributed by atoms with Crippen molar-refractivity contribution in [3.8, 4) is 11.7 Å². The van der Waals surface area contributed by atoms with Crippen molar-refractivity contribution in [1.82, 2.24) is 29.7 Å². The van der Waals surface area contributed by atoms with E-state index in [1.165, 1.54) is 11.8 Å². The molecule has 3 rings (SSSR count). The Bertz CT molecular complexity index is 884. The SMILES string of the molecule is CC(C)Nc1nc(N(C)C)nc(-n2cnc(SCCOc3ccccc3)n2)n1. The molecule has 0 spiro atoms. The highest BCUT2D eigenvalue weighted by Crippen LogP contribution is 2.16. The third kappa shape index (κ3) is 5.56. The minimum atomic E-state index is 0.205. The van der Waals surface area contributed by atoms with Crippen LogP contribution in [0.3, 0.4) is 0 Å². The van der Waals surface area contributed by atoms with Gasteiger partial charge in [0.05, 0.1) is 6.61 Å².